The van der Waals surface area contributed by atoms with E-state index in [-0.39, 0.29) is 43.3 Å². The Morgan fingerprint density at radius 1 is 0.905 bits per heavy atom. The van der Waals surface area contributed by atoms with E-state index in [2.05, 4.69) is 98.9 Å². The fourth-order valence-electron chi connectivity index (χ4n) is 3.90. The van der Waals surface area contributed by atoms with E-state index < -0.39 is 24.0 Å². The second-order valence-electron chi connectivity index (χ2n) is 9.87. The number of hydrogen-bond donors (Lipinski definition) is 5. The summed E-state index contributed by atoms with van der Waals surface area (Å²) in [6.45, 7) is 3.79. The highest BCUT2D eigenvalue weighted by Crippen LogP contribution is 2.09. The summed E-state index contributed by atoms with van der Waals surface area (Å²) in [5, 5.41) is 20.2. The highest BCUT2D eigenvalue weighted by molar-refractivity contribution is 6.22. The van der Waals surface area contributed by atoms with Gasteiger partial charge in [-0.2, -0.15) is 4.99 Å². The molecule has 3 atom stereocenters. The summed E-state index contributed by atoms with van der Waals surface area (Å²) in [7, 11) is 0. The lowest BCUT2D eigenvalue weighted by Crippen LogP contribution is -2.63. The largest absolute Gasteiger partial charge is 0.392 e. The number of allylic oxidation sites excluding steroid dienone is 12. The van der Waals surface area contributed by atoms with Crippen molar-refractivity contribution in [1.82, 2.24) is 21.3 Å². The average molecular weight is 579 g/mol. The molecule has 5 N–H and O–H groups in total. The SMILES string of the molecule is CC/C=C\C/C=C\C/C=C\C/C=C\C/C=C\C/C=C\CCC(=O)NCC(=O)NC1=NC2=NCC(C(C)O)NC2C(=O)N1. The Labute approximate surface area is 249 Å². The van der Waals surface area contributed by atoms with Crippen molar-refractivity contribution in [3.8, 4) is 0 Å². The van der Waals surface area contributed by atoms with E-state index in [9.17, 15) is 19.5 Å². The molecule has 42 heavy (non-hydrogen) atoms. The van der Waals surface area contributed by atoms with E-state index in [1.807, 2.05) is 12.2 Å². The van der Waals surface area contributed by atoms with Gasteiger partial charge in [0, 0.05) is 6.42 Å². The van der Waals surface area contributed by atoms with Crippen molar-refractivity contribution >= 4 is 29.5 Å². The fraction of sp³-hybridized carbons (Fsp3) is 0.469. The number of amidine groups is 1. The molecule has 0 aromatic heterocycles. The van der Waals surface area contributed by atoms with Crippen molar-refractivity contribution in [3.63, 3.8) is 0 Å². The second kappa shape index (κ2) is 20.9. The van der Waals surface area contributed by atoms with Gasteiger partial charge in [0.25, 0.3) is 5.91 Å². The molecule has 0 aromatic carbocycles. The quantitative estimate of drug-likeness (QED) is 0.168. The van der Waals surface area contributed by atoms with Gasteiger partial charge in [-0.1, -0.05) is 79.8 Å². The molecule has 3 unspecified atom stereocenters. The van der Waals surface area contributed by atoms with Crippen LogP contribution < -0.4 is 21.3 Å². The Bertz CT molecular complexity index is 1110. The summed E-state index contributed by atoms with van der Waals surface area (Å²) in [5.41, 5.74) is 0. The van der Waals surface area contributed by atoms with Crippen molar-refractivity contribution in [2.75, 3.05) is 13.1 Å². The third kappa shape index (κ3) is 14.7. The van der Waals surface area contributed by atoms with E-state index in [0.29, 0.717) is 6.42 Å². The molecule has 2 aliphatic heterocycles. The molecule has 10 heteroatoms. The number of guanidine groups is 1. The minimum Gasteiger partial charge on any atom is -0.392 e. The lowest BCUT2D eigenvalue weighted by molar-refractivity contribution is -0.125. The molecule has 2 rings (SSSR count). The normalized spacial score (nSPS) is 20.0. The van der Waals surface area contributed by atoms with E-state index >= 15 is 0 Å². The molecular weight excluding hydrogens is 532 g/mol. The predicted octanol–water partition coefficient (Wildman–Crippen LogP) is 3.30. The zero-order chi connectivity index (χ0) is 30.4. The maximum Gasteiger partial charge on any atom is 0.251 e. The first-order valence-corrected chi connectivity index (χ1v) is 14.7. The summed E-state index contributed by atoms with van der Waals surface area (Å²) in [4.78, 5) is 45.0. The smallest absolute Gasteiger partial charge is 0.251 e. The first-order valence-electron chi connectivity index (χ1n) is 14.7. The summed E-state index contributed by atoms with van der Waals surface area (Å²) in [6.07, 6.45) is 31.4. The Hall–Kier alpha value is -3.89. The van der Waals surface area contributed by atoms with Gasteiger partial charge in [0.1, 0.15) is 6.04 Å². The van der Waals surface area contributed by atoms with Crippen molar-refractivity contribution in [1.29, 1.82) is 0 Å². The van der Waals surface area contributed by atoms with Crippen molar-refractivity contribution in [3.05, 3.63) is 72.9 Å². The minimum atomic E-state index is -0.785. The molecule has 228 valence electrons. The summed E-state index contributed by atoms with van der Waals surface area (Å²) in [5.74, 6) is -0.980. The van der Waals surface area contributed by atoms with Gasteiger partial charge in [-0.05, 0) is 51.9 Å². The lowest BCUT2D eigenvalue weighted by Gasteiger charge is -2.32. The minimum absolute atomic E-state index is 0.0375. The molecule has 10 nitrogen and oxygen atoms in total. The number of carbonyl (C=O) groups excluding carboxylic acids is 3. The zero-order valence-electron chi connectivity index (χ0n) is 24.8. The monoisotopic (exact) mass is 578 g/mol. The summed E-state index contributed by atoms with van der Waals surface area (Å²) in [6, 6.07) is -1.13. The van der Waals surface area contributed by atoms with Gasteiger partial charge < -0.3 is 10.4 Å². The van der Waals surface area contributed by atoms with E-state index in [0.717, 1.165) is 38.5 Å². The molecule has 3 amide bonds. The van der Waals surface area contributed by atoms with Crippen LogP contribution in [0.1, 0.15) is 65.2 Å². The number of amides is 3. The van der Waals surface area contributed by atoms with Crippen LogP contribution in [0.15, 0.2) is 82.9 Å². The maximum atomic E-state index is 12.3. The zero-order valence-corrected chi connectivity index (χ0v) is 24.8. The number of nitrogens with one attached hydrogen (secondary N) is 4. The van der Waals surface area contributed by atoms with E-state index in [1.54, 1.807) is 6.92 Å². The molecule has 0 fully saturated rings. The van der Waals surface area contributed by atoms with Gasteiger partial charge in [-0.25, -0.2) is 0 Å². The molecule has 2 aliphatic rings. The van der Waals surface area contributed by atoms with Crippen LogP contribution >= 0.6 is 0 Å². The molecule has 0 saturated carbocycles. The highest BCUT2D eigenvalue weighted by atomic mass is 16.3. The standard InChI is InChI=1S/C32H46N6O4/c1-3-4-5-6-7-8-9-10-11-12-13-14-15-16-17-18-19-20-21-22-27(40)33-24-28(41)36-32-37-30-29(31(42)38-32)35-26(23-34-30)25(2)39/h4-5,7-8,10-11,13-14,16-17,19-20,25-26,29,35,39H,3,6,9,12,15,18,21-24H2,1-2H3,(H,33,40)(H2,34,36,37,38,41,42)/b5-4-,8-7-,11-10-,14-13-,17-16-,20-19-. The number of nitrogens with zero attached hydrogens (tertiary/aromatic N) is 2. The Balaban J connectivity index is 1.52. The van der Waals surface area contributed by atoms with E-state index in [4.69, 9.17) is 0 Å². The summed E-state index contributed by atoms with van der Waals surface area (Å²) < 4.78 is 0. The van der Waals surface area contributed by atoms with Crippen molar-refractivity contribution in [2.45, 2.75) is 83.4 Å². The molecule has 0 bridgehead atoms. The highest BCUT2D eigenvalue weighted by Gasteiger charge is 2.36. The first kappa shape index (κ1) is 34.3. The third-order valence-corrected chi connectivity index (χ3v) is 6.24. The van der Waals surface area contributed by atoms with Crippen LogP contribution in [0.4, 0.5) is 0 Å². The van der Waals surface area contributed by atoms with Gasteiger partial charge in [0.15, 0.2) is 5.84 Å². The van der Waals surface area contributed by atoms with Crippen LogP contribution in [0.2, 0.25) is 0 Å². The molecule has 0 radical (unpaired) electrons. The Morgan fingerprint density at radius 3 is 2.00 bits per heavy atom. The molecule has 2 heterocycles. The second-order valence-corrected chi connectivity index (χ2v) is 9.87. The van der Waals surface area contributed by atoms with Gasteiger partial charge >= 0.3 is 0 Å². The first-order chi connectivity index (χ1) is 20.4. The van der Waals surface area contributed by atoms with Crippen LogP contribution in [0, 0.1) is 0 Å². The van der Waals surface area contributed by atoms with Gasteiger partial charge in [-0.3, -0.25) is 35.3 Å². The molecule has 0 saturated heterocycles. The van der Waals surface area contributed by atoms with Crippen molar-refractivity contribution < 1.29 is 19.5 Å². The summed E-state index contributed by atoms with van der Waals surface area (Å²) >= 11 is 0. The van der Waals surface area contributed by atoms with Crippen LogP contribution in [0.25, 0.3) is 0 Å². The van der Waals surface area contributed by atoms with Crippen LogP contribution in [0.5, 0.6) is 0 Å². The van der Waals surface area contributed by atoms with Crippen LogP contribution in [-0.2, 0) is 14.4 Å². The van der Waals surface area contributed by atoms with Crippen LogP contribution in [-0.4, -0.2) is 65.9 Å². The number of aliphatic hydroxyl groups is 1. The van der Waals surface area contributed by atoms with Gasteiger partial charge in [-0.15, -0.1) is 0 Å². The number of hydrogen-bond acceptors (Lipinski definition) is 7. The number of aliphatic imine (C=N–C) groups is 2. The number of aliphatic hydroxyl groups excluding tert-OH is 1. The molecule has 0 spiro atoms. The lowest BCUT2D eigenvalue weighted by atomic mass is 10.1. The maximum absolute atomic E-state index is 12.3. The molecular formula is C32H46N6O4. The Kier molecular flexibility index (Phi) is 17.1. The number of rotatable bonds is 17. The van der Waals surface area contributed by atoms with E-state index in [1.165, 1.54) is 0 Å². The Morgan fingerprint density at radius 2 is 1.45 bits per heavy atom. The number of carbonyl (C=O) groups is 3. The van der Waals surface area contributed by atoms with Gasteiger partial charge in [0.05, 0.1) is 25.2 Å². The van der Waals surface area contributed by atoms with Crippen molar-refractivity contribution in [2.24, 2.45) is 9.98 Å². The number of fused-ring (bicyclic) bond motifs is 1. The van der Waals surface area contributed by atoms with Crippen LogP contribution in [0.3, 0.4) is 0 Å². The fourth-order valence-corrected chi connectivity index (χ4v) is 3.90. The predicted molar refractivity (Wildman–Crippen MR) is 169 cm³/mol. The molecule has 0 aliphatic carbocycles. The topological polar surface area (TPSA) is 144 Å². The third-order valence-electron chi connectivity index (χ3n) is 6.24. The van der Waals surface area contributed by atoms with Gasteiger partial charge in [0.2, 0.25) is 17.8 Å². The molecule has 0 aromatic rings. The average Bonchev–Trinajstić information content (AvgIpc) is 2.97.